The Morgan fingerprint density at radius 3 is 2.23 bits per heavy atom. The van der Waals surface area contributed by atoms with Crippen LogP contribution in [0, 0.1) is 17.3 Å². The van der Waals surface area contributed by atoms with Gasteiger partial charge >= 0.3 is 12.1 Å². The van der Waals surface area contributed by atoms with Crippen LogP contribution in [0.2, 0.25) is 0 Å². The SMILES string of the molecule is CC(C)C(=O)C(OC(=O)NCC1(CC(=O)OCc2ccccc2)CCCCC1)C(C)C. The second-order valence-electron chi connectivity index (χ2n) is 9.36. The fourth-order valence-electron chi connectivity index (χ4n) is 4.08. The first-order valence-corrected chi connectivity index (χ1v) is 11.4. The average molecular weight is 432 g/mol. The lowest BCUT2D eigenvalue weighted by molar-refractivity contribution is -0.148. The van der Waals surface area contributed by atoms with E-state index in [2.05, 4.69) is 5.32 Å². The smallest absolute Gasteiger partial charge is 0.407 e. The third kappa shape index (κ3) is 8.00. The van der Waals surface area contributed by atoms with Gasteiger partial charge in [-0.1, -0.05) is 77.3 Å². The molecule has 0 spiro atoms. The molecule has 2 rings (SSSR count). The highest BCUT2D eigenvalue weighted by Gasteiger charge is 2.36. The van der Waals surface area contributed by atoms with Gasteiger partial charge in [0, 0.05) is 12.5 Å². The number of ether oxygens (including phenoxy) is 2. The molecule has 1 fully saturated rings. The van der Waals surface area contributed by atoms with Crippen molar-refractivity contribution in [2.45, 2.75) is 78.9 Å². The number of ketones is 1. The van der Waals surface area contributed by atoms with E-state index in [1.807, 2.05) is 44.2 Å². The van der Waals surface area contributed by atoms with E-state index in [9.17, 15) is 14.4 Å². The molecule has 0 saturated heterocycles. The second-order valence-corrected chi connectivity index (χ2v) is 9.36. The molecule has 31 heavy (non-hydrogen) atoms. The van der Waals surface area contributed by atoms with Gasteiger partial charge in [0.1, 0.15) is 6.61 Å². The van der Waals surface area contributed by atoms with Crippen molar-refractivity contribution in [3.05, 3.63) is 35.9 Å². The number of esters is 1. The Kier molecular flexibility index (Phi) is 9.53. The molecule has 0 aliphatic heterocycles. The van der Waals surface area contributed by atoms with Crippen LogP contribution in [0.15, 0.2) is 30.3 Å². The van der Waals surface area contributed by atoms with E-state index in [1.54, 1.807) is 13.8 Å². The molecule has 1 aliphatic rings. The number of alkyl carbamates (subject to hydrolysis) is 1. The van der Waals surface area contributed by atoms with Crippen LogP contribution in [-0.4, -0.2) is 30.5 Å². The summed E-state index contributed by atoms with van der Waals surface area (Å²) in [6.45, 7) is 7.92. The predicted molar refractivity (Wildman–Crippen MR) is 119 cm³/mol. The highest BCUT2D eigenvalue weighted by atomic mass is 16.6. The minimum atomic E-state index is -0.766. The quantitative estimate of drug-likeness (QED) is 0.525. The van der Waals surface area contributed by atoms with Gasteiger partial charge in [0.15, 0.2) is 11.9 Å². The predicted octanol–water partition coefficient (Wildman–Crippen LogP) is 5.05. The Balaban J connectivity index is 1.93. The fourth-order valence-corrected chi connectivity index (χ4v) is 4.08. The fraction of sp³-hybridized carbons (Fsp3) is 0.640. The standard InChI is InChI=1S/C25H37NO5/c1-18(2)22(28)23(19(3)4)31-24(29)26-17-25(13-9-6-10-14-25)15-21(27)30-16-20-11-7-5-8-12-20/h5,7-8,11-12,18-19,23H,6,9-10,13-17H2,1-4H3,(H,26,29). The van der Waals surface area contributed by atoms with Gasteiger partial charge in [-0.3, -0.25) is 9.59 Å². The zero-order valence-electron chi connectivity index (χ0n) is 19.3. The van der Waals surface area contributed by atoms with Crippen LogP contribution in [0.25, 0.3) is 0 Å². The number of amides is 1. The zero-order chi connectivity index (χ0) is 22.9. The number of carbonyl (C=O) groups is 3. The summed E-state index contributed by atoms with van der Waals surface area (Å²) in [4.78, 5) is 37.4. The van der Waals surface area contributed by atoms with Gasteiger partial charge in [0.25, 0.3) is 0 Å². The number of carbonyl (C=O) groups excluding carboxylic acids is 3. The Labute approximate surface area is 186 Å². The summed E-state index contributed by atoms with van der Waals surface area (Å²) in [5.74, 6) is -0.639. The van der Waals surface area contributed by atoms with Crippen LogP contribution < -0.4 is 5.32 Å². The Morgan fingerprint density at radius 1 is 1.00 bits per heavy atom. The van der Waals surface area contributed by atoms with Gasteiger partial charge < -0.3 is 14.8 Å². The van der Waals surface area contributed by atoms with Crippen molar-refractivity contribution in [3.63, 3.8) is 0 Å². The lowest BCUT2D eigenvalue weighted by Crippen LogP contribution is -2.44. The van der Waals surface area contributed by atoms with Crippen molar-refractivity contribution >= 4 is 17.8 Å². The summed E-state index contributed by atoms with van der Waals surface area (Å²) < 4.78 is 11.0. The van der Waals surface area contributed by atoms with Crippen LogP contribution in [-0.2, 0) is 25.7 Å². The van der Waals surface area contributed by atoms with E-state index >= 15 is 0 Å². The molecule has 6 nitrogen and oxygen atoms in total. The number of rotatable bonds is 10. The van der Waals surface area contributed by atoms with Gasteiger partial charge in [-0.2, -0.15) is 0 Å². The molecule has 0 heterocycles. The molecule has 0 aromatic heterocycles. The van der Waals surface area contributed by atoms with Crippen molar-refractivity contribution in [2.75, 3.05) is 6.54 Å². The average Bonchev–Trinajstić information content (AvgIpc) is 2.75. The van der Waals surface area contributed by atoms with E-state index in [1.165, 1.54) is 0 Å². The van der Waals surface area contributed by atoms with Gasteiger partial charge in [-0.25, -0.2) is 4.79 Å². The molecule has 1 atom stereocenters. The number of Topliss-reactive ketones (excluding diaryl/α,β-unsaturated/α-hetero) is 1. The van der Waals surface area contributed by atoms with E-state index < -0.39 is 12.2 Å². The normalized spacial score (nSPS) is 16.6. The molecule has 1 aromatic rings. The van der Waals surface area contributed by atoms with E-state index in [0.29, 0.717) is 6.54 Å². The minimum absolute atomic E-state index is 0.0815. The van der Waals surface area contributed by atoms with Crippen LogP contribution >= 0.6 is 0 Å². The first-order valence-electron chi connectivity index (χ1n) is 11.4. The number of hydrogen-bond donors (Lipinski definition) is 1. The maximum absolute atomic E-state index is 12.6. The van der Waals surface area contributed by atoms with Gasteiger partial charge in [-0.05, 0) is 29.7 Å². The third-order valence-electron chi connectivity index (χ3n) is 5.97. The molecule has 1 aliphatic carbocycles. The monoisotopic (exact) mass is 431 g/mol. The van der Waals surface area contributed by atoms with E-state index in [-0.39, 0.29) is 42.0 Å². The number of benzene rings is 1. The second kappa shape index (κ2) is 11.9. The summed E-state index contributed by atoms with van der Waals surface area (Å²) in [5.41, 5.74) is 0.616. The summed E-state index contributed by atoms with van der Waals surface area (Å²) in [5, 5.41) is 2.83. The highest BCUT2D eigenvalue weighted by Crippen LogP contribution is 2.39. The topological polar surface area (TPSA) is 81.7 Å². The van der Waals surface area contributed by atoms with Crippen molar-refractivity contribution in [1.29, 1.82) is 0 Å². The molecule has 1 unspecified atom stereocenters. The molecule has 6 heteroatoms. The number of hydrogen-bond acceptors (Lipinski definition) is 5. The number of nitrogens with one attached hydrogen (secondary N) is 1. The van der Waals surface area contributed by atoms with Crippen LogP contribution in [0.4, 0.5) is 4.79 Å². The maximum atomic E-state index is 12.6. The lowest BCUT2D eigenvalue weighted by Gasteiger charge is -2.36. The molecule has 1 amide bonds. The van der Waals surface area contributed by atoms with Crippen LogP contribution in [0.1, 0.15) is 71.8 Å². The first-order chi connectivity index (χ1) is 14.7. The Morgan fingerprint density at radius 2 is 1.65 bits per heavy atom. The largest absolute Gasteiger partial charge is 0.461 e. The maximum Gasteiger partial charge on any atom is 0.407 e. The Hall–Kier alpha value is -2.37. The van der Waals surface area contributed by atoms with Gasteiger partial charge in [-0.15, -0.1) is 0 Å². The molecule has 1 saturated carbocycles. The van der Waals surface area contributed by atoms with Crippen molar-refractivity contribution in [3.8, 4) is 0 Å². The molecule has 1 aromatic carbocycles. The molecule has 0 radical (unpaired) electrons. The summed E-state index contributed by atoms with van der Waals surface area (Å²) in [6, 6.07) is 9.59. The molecular weight excluding hydrogens is 394 g/mol. The van der Waals surface area contributed by atoms with E-state index in [0.717, 1.165) is 37.7 Å². The molecule has 0 bridgehead atoms. The molecular formula is C25H37NO5. The summed E-state index contributed by atoms with van der Waals surface area (Å²) >= 11 is 0. The molecule has 1 N–H and O–H groups in total. The highest BCUT2D eigenvalue weighted by molar-refractivity contribution is 5.87. The van der Waals surface area contributed by atoms with Gasteiger partial charge in [0.05, 0.1) is 6.42 Å². The van der Waals surface area contributed by atoms with Crippen molar-refractivity contribution in [2.24, 2.45) is 17.3 Å². The third-order valence-corrected chi connectivity index (χ3v) is 5.97. The van der Waals surface area contributed by atoms with E-state index in [4.69, 9.17) is 9.47 Å². The minimum Gasteiger partial charge on any atom is -0.461 e. The molecule has 172 valence electrons. The first kappa shape index (κ1) is 24.9. The summed E-state index contributed by atoms with van der Waals surface area (Å²) in [7, 11) is 0. The zero-order valence-corrected chi connectivity index (χ0v) is 19.3. The van der Waals surface area contributed by atoms with Crippen molar-refractivity contribution in [1.82, 2.24) is 5.32 Å². The van der Waals surface area contributed by atoms with Gasteiger partial charge in [0.2, 0.25) is 0 Å². The van der Waals surface area contributed by atoms with Crippen molar-refractivity contribution < 1.29 is 23.9 Å². The van der Waals surface area contributed by atoms with Crippen LogP contribution in [0.3, 0.4) is 0 Å². The summed E-state index contributed by atoms with van der Waals surface area (Å²) in [6.07, 6.45) is 3.76. The van der Waals surface area contributed by atoms with Crippen LogP contribution in [0.5, 0.6) is 0 Å². The Bertz CT molecular complexity index is 723. The lowest BCUT2D eigenvalue weighted by atomic mass is 9.71.